The van der Waals surface area contributed by atoms with Gasteiger partial charge in [0, 0.05) is 5.41 Å². The van der Waals surface area contributed by atoms with E-state index in [4.69, 9.17) is 11.5 Å². The molecule has 6 nitrogen and oxygen atoms in total. The van der Waals surface area contributed by atoms with E-state index >= 15 is 0 Å². The molecule has 0 aromatic carbocycles. The molecule has 0 radical (unpaired) electrons. The predicted octanol–water partition coefficient (Wildman–Crippen LogP) is 3.09. The van der Waals surface area contributed by atoms with Gasteiger partial charge in [-0.15, -0.1) is 0 Å². The topological polar surface area (TPSA) is 129 Å². The van der Waals surface area contributed by atoms with E-state index in [-0.39, 0.29) is 42.4 Å². The number of allylic oxidation sites excluding steroid dienone is 2. The quantitative estimate of drug-likeness (QED) is 0.0712. The molecule has 0 rings (SSSR count). The summed E-state index contributed by atoms with van der Waals surface area (Å²) in [6.07, 6.45) is 21.6. The molecule has 5 N–H and O–H groups in total. The average molecular weight is 513 g/mol. The first-order chi connectivity index (χ1) is 15.4. The molecule has 1 unspecified atom stereocenters. The summed E-state index contributed by atoms with van der Waals surface area (Å²) in [4.78, 5) is 0. The summed E-state index contributed by atoms with van der Waals surface area (Å²) in [5.41, 5.74) is 9.95. The van der Waals surface area contributed by atoms with Crippen LogP contribution in [0.2, 0.25) is 0 Å². The van der Waals surface area contributed by atoms with Crippen LogP contribution in [0.15, 0.2) is 12.2 Å². The number of nitrogens with two attached hydrogens (primary N) is 2. The molecule has 0 aliphatic rings. The van der Waals surface area contributed by atoms with Crippen molar-refractivity contribution in [3.8, 4) is 0 Å². The molecule has 0 aliphatic carbocycles. The maximum Gasteiger partial charge on any atom is 1.00 e. The van der Waals surface area contributed by atoms with Gasteiger partial charge < -0.3 is 9.66 Å². The van der Waals surface area contributed by atoms with Crippen LogP contribution in [-0.4, -0.2) is 28.7 Å². The molecule has 0 bridgehead atoms. The Bertz CT molecular complexity index is 633. The minimum Gasteiger partial charge on any atom is -0.747 e. The molecule has 0 spiro atoms. The molecule has 0 aromatic heterocycles. The molecule has 0 aliphatic heterocycles. The van der Waals surface area contributed by atoms with Gasteiger partial charge in [-0.25, -0.2) is 8.42 Å². The SMILES string of the molecule is CCCCCCCC/C=C\CCCCCCCCC(CCC)(C(C)(C)C(N)(N)O)S(=O)(=O)[O-].[Na+]. The van der Waals surface area contributed by atoms with Crippen molar-refractivity contribution in [1.29, 1.82) is 0 Å². The molecule has 198 valence electrons. The van der Waals surface area contributed by atoms with Gasteiger partial charge in [-0.05, 0) is 38.5 Å². The van der Waals surface area contributed by atoms with Gasteiger partial charge in [0.15, 0.2) is 5.85 Å². The van der Waals surface area contributed by atoms with Gasteiger partial charge in [0.1, 0.15) is 10.1 Å². The third kappa shape index (κ3) is 12.7. The fourth-order valence-corrected chi connectivity index (χ4v) is 6.38. The van der Waals surface area contributed by atoms with E-state index in [0.29, 0.717) is 12.8 Å². The van der Waals surface area contributed by atoms with E-state index in [2.05, 4.69) is 19.1 Å². The maximum absolute atomic E-state index is 12.3. The Hall–Kier alpha value is 0.530. The number of hydrogen-bond donors (Lipinski definition) is 3. The zero-order valence-electron chi connectivity index (χ0n) is 22.9. The summed E-state index contributed by atoms with van der Waals surface area (Å²) in [7, 11) is -4.73. The predicted molar refractivity (Wildman–Crippen MR) is 139 cm³/mol. The first-order valence-corrected chi connectivity index (χ1v) is 14.7. The summed E-state index contributed by atoms with van der Waals surface area (Å²) in [6, 6.07) is 0. The third-order valence-electron chi connectivity index (χ3n) is 7.37. The van der Waals surface area contributed by atoms with E-state index in [9.17, 15) is 18.1 Å². The maximum atomic E-state index is 12.3. The Morgan fingerprint density at radius 3 is 1.53 bits per heavy atom. The van der Waals surface area contributed by atoms with Crippen LogP contribution in [0, 0.1) is 5.41 Å². The normalized spacial score (nSPS) is 14.8. The second-order valence-electron chi connectivity index (χ2n) is 10.3. The molecule has 0 saturated carbocycles. The molecular formula is C26H53N2NaO4S. The Labute approximate surface area is 233 Å². The molecule has 0 amide bonds. The van der Waals surface area contributed by atoms with Crippen LogP contribution < -0.4 is 41.0 Å². The largest absolute Gasteiger partial charge is 1.00 e. The minimum atomic E-state index is -4.73. The fourth-order valence-electron chi connectivity index (χ4n) is 4.74. The van der Waals surface area contributed by atoms with Crippen molar-refractivity contribution in [3.63, 3.8) is 0 Å². The molecule has 34 heavy (non-hydrogen) atoms. The number of hydrogen-bond acceptors (Lipinski definition) is 6. The Kier molecular flexibility index (Phi) is 20.2. The number of rotatable bonds is 21. The van der Waals surface area contributed by atoms with Crippen molar-refractivity contribution in [1.82, 2.24) is 0 Å². The van der Waals surface area contributed by atoms with Gasteiger partial charge in [0.05, 0.1) is 4.75 Å². The Balaban J connectivity index is 0. The molecular weight excluding hydrogens is 459 g/mol. The second kappa shape index (κ2) is 18.7. The van der Waals surface area contributed by atoms with Crippen molar-refractivity contribution >= 4 is 10.1 Å². The number of aliphatic hydroxyl groups is 1. The molecule has 8 heteroatoms. The van der Waals surface area contributed by atoms with Gasteiger partial charge in [-0.1, -0.05) is 110 Å². The van der Waals surface area contributed by atoms with Gasteiger partial charge in [0.25, 0.3) is 0 Å². The van der Waals surface area contributed by atoms with Crippen molar-refractivity contribution in [2.24, 2.45) is 16.9 Å². The van der Waals surface area contributed by atoms with E-state index in [1.807, 2.05) is 6.92 Å². The van der Waals surface area contributed by atoms with Crippen molar-refractivity contribution in [2.45, 2.75) is 147 Å². The average Bonchev–Trinajstić information content (AvgIpc) is 2.70. The fraction of sp³-hybridized carbons (Fsp3) is 0.923. The zero-order valence-corrected chi connectivity index (χ0v) is 25.7. The molecule has 1 atom stereocenters. The Morgan fingerprint density at radius 2 is 1.15 bits per heavy atom. The summed E-state index contributed by atoms with van der Waals surface area (Å²) < 4.78 is 35.3. The van der Waals surface area contributed by atoms with Gasteiger partial charge >= 0.3 is 29.6 Å². The van der Waals surface area contributed by atoms with Crippen LogP contribution in [-0.2, 0) is 10.1 Å². The summed E-state index contributed by atoms with van der Waals surface area (Å²) >= 11 is 0. The monoisotopic (exact) mass is 512 g/mol. The van der Waals surface area contributed by atoms with Crippen molar-refractivity contribution < 1.29 is 47.6 Å². The first-order valence-electron chi connectivity index (χ1n) is 13.3. The van der Waals surface area contributed by atoms with Crippen LogP contribution in [0.1, 0.15) is 137 Å². The van der Waals surface area contributed by atoms with Crippen LogP contribution in [0.4, 0.5) is 0 Å². The summed E-state index contributed by atoms with van der Waals surface area (Å²) in [5, 5.41) is 10.3. The summed E-state index contributed by atoms with van der Waals surface area (Å²) in [6.45, 7) is 7.04. The van der Waals surface area contributed by atoms with Crippen LogP contribution in [0.3, 0.4) is 0 Å². The van der Waals surface area contributed by atoms with Gasteiger partial charge in [-0.2, -0.15) is 0 Å². The number of unbranched alkanes of at least 4 members (excludes halogenated alkanes) is 12. The smallest absolute Gasteiger partial charge is 0.747 e. The van der Waals surface area contributed by atoms with Crippen molar-refractivity contribution in [2.75, 3.05) is 0 Å². The van der Waals surface area contributed by atoms with Gasteiger partial charge in [-0.3, -0.25) is 11.5 Å². The van der Waals surface area contributed by atoms with E-state index in [1.54, 1.807) is 0 Å². The van der Waals surface area contributed by atoms with E-state index in [0.717, 1.165) is 32.1 Å². The molecule has 0 heterocycles. The summed E-state index contributed by atoms with van der Waals surface area (Å²) in [5.74, 6) is -2.26. The molecule has 0 saturated heterocycles. The standard InChI is InChI=1S/C26H54N2O4S.Na/c1-5-7-8-9-10-11-12-13-14-15-16-17-18-19-20-21-23-25(22-6-2,33(30,31)32)24(3,4)26(27,28)29;/h13-14,29H,5-12,15-23,27-28H2,1-4H3,(H,30,31,32);/q;+1/p-1/b14-13-;. The van der Waals surface area contributed by atoms with Crippen LogP contribution in [0.5, 0.6) is 0 Å². The Morgan fingerprint density at radius 1 is 0.735 bits per heavy atom. The second-order valence-corrected chi connectivity index (χ2v) is 12.0. The van der Waals surface area contributed by atoms with E-state index in [1.165, 1.54) is 65.2 Å². The van der Waals surface area contributed by atoms with Crippen molar-refractivity contribution in [3.05, 3.63) is 12.2 Å². The molecule has 0 fully saturated rings. The van der Waals surface area contributed by atoms with Gasteiger partial charge in [0.2, 0.25) is 0 Å². The minimum absolute atomic E-state index is 0. The molecule has 0 aromatic rings. The van der Waals surface area contributed by atoms with E-state index < -0.39 is 26.1 Å². The zero-order chi connectivity index (χ0) is 25.4. The first kappa shape index (κ1) is 36.7. The van der Waals surface area contributed by atoms with Crippen LogP contribution in [0.25, 0.3) is 0 Å². The van der Waals surface area contributed by atoms with Crippen LogP contribution >= 0.6 is 0 Å². The third-order valence-corrected chi connectivity index (χ3v) is 9.24.